The largest absolute Gasteiger partial charge is 0.462 e. The van der Waals surface area contributed by atoms with Crippen LogP contribution in [0.2, 0.25) is 0 Å². The number of nitro benzene ring substituents is 1. The number of β-lactam (4-membered cyclic amide) rings is 1. The second-order valence-electron chi connectivity index (χ2n) is 7.19. The van der Waals surface area contributed by atoms with Crippen molar-refractivity contribution in [2.75, 3.05) is 0 Å². The third-order valence-corrected chi connectivity index (χ3v) is 5.90. The molecule has 0 aromatic heterocycles. The monoisotopic (exact) mass is 448 g/mol. The number of amides is 1. The van der Waals surface area contributed by atoms with Crippen LogP contribution in [0.3, 0.4) is 0 Å². The van der Waals surface area contributed by atoms with Crippen molar-refractivity contribution >= 4 is 40.4 Å². The van der Waals surface area contributed by atoms with Crippen LogP contribution in [-0.4, -0.2) is 44.9 Å². The number of rotatable bonds is 7. The summed E-state index contributed by atoms with van der Waals surface area (Å²) >= 11 is 0.866. The van der Waals surface area contributed by atoms with Crippen molar-refractivity contribution in [3.8, 4) is 0 Å². The zero-order chi connectivity index (χ0) is 22.9. The molecule has 0 unspecified atom stereocenters. The number of ether oxygens (including phenoxy) is 2. The Morgan fingerprint density at radius 3 is 2.45 bits per heavy atom. The van der Waals surface area contributed by atoms with Crippen LogP contribution in [0.5, 0.6) is 0 Å². The number of benzene rings is 1. The summed E-state index contributed by atoms with van der Waals surface area (Å²) in [6.45, 7) is 4.07. The molecule has 31 heavy (non-hydrogen) atoms. The summed E-state index contributed by atoms with van der Waals surface area (Å²) in [7, 11) is 0. The van der Waals surface area contributed by atoms with Gasteiger partial charge >= 0.3 is 11.9 Å². The summed E-state index contributed by atoms with van der Waals surface area (Å²) < 4.78 is 10.4. The van der Waals surface area contributed by atoms with E-state index in [4.69, 9.17) is 9.47 Å². The average Bonchev–Trinajstić information content (AvgIpc) is 2.99. The van der Waals surface area contributed by atoms with Crippen LogP contribution in [0.15, 0.2) is 34.9 Å². The molecule has 10 nitrogen and oxygen atoms in total. The third-order valence-electron chi connectivity index (χ3n) is 5.00. The maximum absolute atomic E-state index is 12.8. The number of non-ortho nitro benzene ring substituents is 1. The number of carbonyl (C=O) groups is 4. The van der Waals surface area contributed by atoms with Gasteiger partial charge in [0.2, 0.25) is 5.91 Å². The van der Waals surface area contributed by atoms with Crippen molar-refractivity contribution in [1.29, 1.82) is 0 Å². The molecule has 0 N–H and O–H groups in total. The summed E-state index contributed by atoms with van der Waals surface area (Å²) in [6, 6.07) is 5.13. The Labute approximate surface area is 181 Å². The first-order chi connectivity index (χ1) is 14.6. The second-order valence-corrected chi connectivity index (χ2v) is 8.46. The molecule has 0 radical (unpaired) electrons. The van der Waals surface area contributed by atoms with E-state index in [0.717, 1.165) is 11.8 Å². The fraction of sp³-hybridized carbons (Fsp3) is 0.400. The van der Waals surface area contributed by atoms with Crippen LogP contribution in [0.4, 0.5) is 5.69 Å². The van der Waals surface area contributed by atoms with Crippen LogP contribution in [0, 0.1) is 16.0 Å². The molecule has 0 spiro atoms. The van der Waals surface area contributed by atoms with Crippen molar-refractivity contribution in [2.24, 2.45) is 5.92 Å². The highest BCUT2D eigenvalue weighted by molar-refractivity contribution is 8.16. The van der Waals surface area contributed by atoms with Crippen molar-refractivity contribution in [2.45, 2.75) is 45.9 Å². The zero-order valence-corrected chi connectivity index (χ0v) is 17.8. The normalized spacial score (nSPS) is 20.6. The number of nitrogens with zero attached hydrogens (tertiary/aromatic N) is 2. The zero-order valence-electron chi connectivity index (χ0n) is 17.0. The number of hydrogen-bond donors (Lipinski definition) is 0. The van der Waals surface area contributed by atoms with Gasteiger partial charge in [-0.15, -0.1) is 0 Å². The fourth-order valence-corrected chi connectivity index (χ4v) is 4.62. The molecule has 1 aromatic carbocycles. The van der Waals surface area contributed by atoms with Gasteiger partial charge in [0.15, 0.2) is 5.12 Å². The number of carbonyl (C=O) groups excluding carboxylic acids is 4. The minimum absolute atomic E-state index is 0.0170. The van der Waals surface area contributed by atoms with Gasteiger partial charge in [-0.1, -0.05) is 11.8 Å². The molecule has 0 aliphatic carbocycles. The maximum Gasteiger partial charge on any atom is 0.356 e. The summed E-state index contributed by atoms with van der Waals surface area (Å²) in [6.07, 6.45) is -0.376. The molecular weight excluding hydrogens is 428 g/mol. The average molecular weight is 448 g/mol. The number of esters is 2. The van der Waals surface area contributed by atoms with E-state index in [9.17, 15) is 29.3 Å². The molecule has 0 saturated carbocycles. The molecule has 1 fully saturated rings. The highest BCUT2D eigenvalue weighted by atomic mass is 32.2. The van der Waals surface area contributed by atoms with Crippen LogP contribution in [0.1, 0.15) is 32.8 Å². The Bertz CT molecular complexity index is 987. The Balaban J connectivity index is 1.74. The molecule has 1 saturated heterocycles. The molecule has 1 aromatic rings. The van der Waals surface area contributed by atoms with E-state index in [1.807, 2.05) is 0 Å². The fourth-order valence-electron chi connectivity index (χ4n) is 3.74. The number of hydrogen-bond acceptors (Lipinski definition) is 9. The summed E-state index contributed by atoms with van der Waals surface area (Å²) in [5, 5.41) is 10.5. The quantitative estimate of drug-likeness (QED) is 0.267. The minimum atomic E-state index is -0.767. The van der Waals surface area contributed by atoms with Gasteiger partial charge in [0.05, 0.1) is 16.9 Å². The van der Waals surface area contributed by atoms with E-state index in [1.165, 1.54) is 43.0 Å². The molecule has 1 amide bonds. The van der Waals surface area contributed by atoms with Gasteiger partial charge in [0.1, 0.15) is 18.4 Å². The molecule has 3 rings (SSSR count). The lowest BCUT2D eigenvalue weighted by molar-refractivity contribution is -0.384. The molecule has 3 atom stereocenters. The van der Waals surface area contributed by atoms with Crippen molar-refractivity contribution < 1.29 is 33.6 Å². The van der Waals surface area contributed by atoms with Gasteiger partial charge in [0.25, 0.3) is 5.69 Å². The van der Waals surface area contributed by atoms with Crippen LogP contribution < -0.4 is 0 Å². The van der Waals surface area contributed by atoms with Crippen molar-refractivity contribution in [1.82, 2.24) is 4.90 Å². The minimum Gasteiger partial charge on any atom is -0.462 e. The lowest BCUT2D eigenvalue weighted by Gasteiger charge is -2.45. The molecule has 0 bridgehead atoms. The van der Waals surface area contributed by atoms with Gasteiger partial charge in [-0.3, -0.25) is 24.5 Å². The predicted molar refractivity (Wildman–Crippen MR) is 108 cm³/mol. The molecule has 11 heteroatoms. The second kappa shape index (κ2) is 8.88. The van der Waals surface area contributed by atoms with E-state index in [0.29, 0.717) is 10.5 Å². The van der Waals surface area contributed by atoms with Gasteiger partial charge in [0, 0.05) is 37.3 Å². The van der Waals surface area contributed by atoms with Gasteiger partial charge in [-0.2, -0.15) is 0 Å². The molecular formula is C20H20N2O8S. The first-order valence-corrected chi connectivity index (χ1v) is 10.2. The van der Waals surface area contributed by atoms with Crippen LogP contribution in [0.25, 0.3) is 0 Å². The molecule has 2 aliphatic heterocycles. The van der Waals surface area contributed by atoms with Crippen LogP contribution >= 0.6 is 11.8 Å². The summed E-state index contributed by atoms with van der Waals surface area (Å²) in [5.74, 6) is -2.26. The number of thioether (sulfide) groups is 1. The predicted octanol–water partition coefficient (Wildman–Crippen LogP) is 2.31. The Morgan fingerprint density at radius 2 is 1.90 bits per heavy atom. The first kappa shape index (κ1) is 22.5. The highest BCUT2D eigenvalue weighted by Gasteiger charge is 2.58. The van der Waals surface area contributed by atoms with Crippen molar-refractivity contribution in [3.05, 3.63) is 50.5 Å². The van der Waals surface area contributed by atoms with Gasteiger partial charge in [-0.05, 0) is 24.6 Å². The first-order valence-electron chi connectivity index (χ1n) is 9.42. The lowest BCUT2D eigenvalue weighted by atomic mass is 9.83. The van der Waals surface area contributed by atoms with E-state index in [1.54, 1.807) is 6.92 Å². The number of nitro groups is 1. The van der Waals surface area contributed by atoms with Gasteiger partial charge < -0.3 is 14.4 Å². The van der Waals surface area contributed by atoms with Crippen molar-refractivity contribution in [3.63, 3.8) is 0 Å². The highest BCUT2D eigenvalue weighted by Crippen LogP contribution is 2.48. The van der Waals surface area contributed by atoms with Gasteiger partial charge in [-0.25, -0.2) is 4.79 Å². The smallest absolute Gasteiger partial charge is 0.356 e. The van der Waals surface area contributed by atoms with E-state index in [2.05, 4.69) is 0 Å². The summed E-state index contributed by atoms with van der Waals surface area (Å²) in [5.41, 5.74) is 0.463. The molecule has 2 heterocycles. The Kier molecular flexibility index (Phi) is 6.44. The van der Waals surface area contributed by atoms with E-state index >= 15 is 0 Å². The topological polar surface area (TPSA) is 133 Å². The molecule has 2 aliphatic rings. The molecule has 164 valence electrons. The van der Waals surface area contributed by atoms with E-state index < -0.39 is 34.9 Å². The lowest BCUT2D eigenvalue weighted by Crippen LogP contribution is -2.62. The SMILES string of the molecule is CC(=O)O[C@@H](C)[C@H]1C(=O)N2C(C(=O)OCc3ccc([N+](=O)[O-])cc3)=C(SC(C)=O)C[C@H]12. The number of fused-ring (bicyclic) bond motifs is 1. The maximum atomic E-state index is 12.8. The Hall–Kier alpha value is -3.21. The third kappa shape index (κ3) is 4.61. The standard InChI is InChI=1S/C20H20N2O8S/c1-10(30-11(2)23)17-15-8-16(31-12(3)24)18(21(15)19(17)25)20(26)29-9-13-4-6-14(7-5-13)22(27)28/h4-7,10,15,17H,8-9H2,1-3H3/t10-,15+,17+/m0/s1. The van der Waals surface area contributed by atoms with E-state index in [-0.39, 0.29) is 35.4 Å². The Morgan fingerprint density at radius 1 is 1.26 bits per heavy atom. The van der Waals surface area contributed by atoms with Crippen LogP contribution in [-0.2, 0) is 35.3 Å². The summed E-state index contributed by atoms with van der Waals surface area (Å²) in [4.78, 5) is 60.3.